The molecule has 4 aromatic carbocycles. The molecule has 0 amide bonds. The molecule has 0 aliphatic heterocycles. The Balaban J connectivity index is 0.000000132. The van der Waals surface area contributed by atoms with Crippen molar-refractivity contribution in [2.75, 3.05) is 0 Å². The second-order valence-corrected chi connectivity index (χ2v) is 24.1. The SMILES string of the molecule is C[CH]=[Zr]([Br])[Br].c1ccc2[cH-]ccc2c1.c1ccc2[cH-]ccc2c1. The minimum absolute atomic E-state index is 1.08. The quantitative estimate of drug-likeness (QED) is 0.221. The van der Waals surface area contributed by atoms with Gasteiger partial charge in [-0.25, -0.2) is 0 Å². The molecule has 23 heavy (non-hydrogen) atoms. The van der Waals surface area contributed by atoms with E-state index in [9.17, 15) is 0 Å². The summed E-state index contributed by atoms with van der Waals surface area (Å²) < 4.78 is 2.20. The second-order valence-electron chi connectivity index (χ2n) is 4.89. The minimum Gasteiger partial charge on any atom is -0.168 e. The van der Waals surface area contributed by atoms with E-state index in [-0.39, 0.29) is 0 Å². The first-order chi connectivity index (χ1) is 11.2. The number of hydrogen-bond donors (Lipinski definition) is 0. The maximum absolute atomic E-state index is 3.43. The molecule has 0 saturated carbocycles. The van der Waals surface area contributed by atoms with Gasteiger partial charge < -0.3 is 0 Å². The van der Waals surface area contributed by atoms with Crippen molar-refractivity contribution in [1.82, 2.24) is 0 Å². The van der Waals surface area contributed by atoms with Gasteiger partial charge in [-0.1, -0.05) is 12.1 Å². The predicted molar refractivity (Wildman–Crippen MR) is 109 cm³/mol. The van der Waals surface area contributed by atoms with Crippen molar-refractivity contribution >= 4 is 49.7 Å². The fourth-order valence-electron chi connectivity index (χ4n) is 2.14. The van der Waals surface area contributed by atoms with E-state index in [2.05, 4.69) is 120 Å². The van der Waals surface area contributed by atoms with Gasteiger partial charge in [-0.05, 0) is 0 Å². The van der Waals surface area contributed by atoms with Crippen molar-refractivity contribution in [2.24, 2.45) is 0 Å². The third kappa shape index (κ3) is 6.41. The summed E-state index contributed by atoms with van der Waals surface area (Å²) in [5.74, 6) is 0. The summed E-state index contributed by atoms with van der Waals surface area (Å²) in [5, 5.41) is 5.32. The Morgan fingerprint density at radius 1 is 0.739 bits per heavy atom. The minimum atomic E-state index is -1.08. The van der Waals surface area contributed by atoms with Crippen LogP contribution in [0.4, 0.5) is 0 Å². The van der Waals surface area contributed by atoms with Crippen molar-refractivity contribution in [2.45, 2.75) is 6.92 Å². The normalized spacial score (nSPS) is 9.52. The van der Waals surface area contributed by atoms with Crippen LogP contribution in [0.5, 0.6) is 0 Å². The van der Waals surface area contributed by atoms with E-state index in [1.807, 2.05) is 0 Å². The molecule has 0 aromatic heterocycles. The molecule has 0 aliphatic rings. The predicted octanol–water partition coefficient (Wildman–Crippen LogP) is 7.16. The van der Waals surface area contributed by atoms with Crippen LogP contribution in [0.3, 0.4) is 0 Å². The van der Waals surface area contributed by atoms with E-state index < -0.39 is 16.6 Å². The number of benzene rings is 2. The third-order valence-corrected chi connectivity index (χ3v) is 9.80. The molecule has 0 saturated heterocycles. The van der Waals surface area contributed by atoms with Crippen LogP contribution < -0.4 is 0 Å². The molecule has 0 heterocycles. The number of hydrogen-bond acceptors (Lipinski definition) is 0. The van der Waals surface area contributed by atoms with Crippen molar-refractivity contribution in [3.63, 3.8) is 0 Å². The van der Waals surface area contributed by atoms with Gasteiger partial charge in [-0.15, -0.1) is 59.3 Å². The first-order valence-corrected chi connectivity index (χ1v) is 20.0. The fraction of sp³-hybridized carbons (Fsp3) is 0.0500. The second kappa shape index (κ2) is 10.3. The Bertz CT molecular complexity index is 741. The molecule has 3 heteroatoms. The maximum Gasteiger partial charge on any atom is -0.0809 e. The zero-order chi connectivity index (χ0) is 16.5. The van der Waals surface area contributed by atoms with Crippen LogP contribution in [0, 0.1) is 0 Å². The molecule has 0 atom stereocenters. The molecule has 0 N–H and O–H groups in total. The van der Waals surface area contributed by atoms with E-state index in [4.69, 9.17) is 0 Å². The van der Waals surface area contributed by atoms with Crippen LogP contribution in [-0.2, 0) is 16.6 Å². The fourth-order valence-corrected chi connectivity index (χ4v) is 2.14. The van der Waals surface area contributed by atoms with Gasteiger partial charge in [0, 0.05) is 0 Å². The Labute approximate surface area is 156 Å². The summed E-state index contributed by atoms with van der Waals surface area (Å²) in [6.07, 6.45) is 0. The molecule has 0 radical (unpaired) electrons. The molecular formula is C20H18Br2Zr-2. The molecule has 0 spiro atoms. The van der Waals surface area contributed by atoms with Gasteiger partial charge in [0.2, 0.25) is 0 Å². The standard InChI is InChI=1S/2C9H7.C2H4.2BrH.Zr/c2*1-2-5-9-7-3-6-8(9)4-1;1-2;;;/h2*1-7H;1H,2H3;2*1H;/q2*-1;;;;+2/p-2. The van der Waals surface area contributed by atoms with Crippen LogP contribution in [0.25, 0.3) is 21.5 Å². The average Bonchev–Trinajstić information content (AvgIpc) is 3.24. The van der Waals surface area contributed by atoms with Gasteiger partial charge in [0.25, 0.3) is 0 Å². The number of rotatable bonds is 0. The van der Waals surface area contributed by atoms with Crippen LogP contribution in [-0.4, -0.2) is 3.71 Å². The molecule has 0 fully saturated rings. The zero-order valence-electron chi connectivity index (χ0n) is 12.9. The molecule has 4 rings (SSSR count). The van der Waals surface area contributed by atoms with Crippen molar-refractivity contribution in [3.05, 3.63) is 84.9 Å². The summed E-state index contributed by atoms with van der Waals surface area (Å²) in [7, 11) is 0. The smallest absolute Gasteiger partial charge is 0.0809 e. The monoisotopic (exact) mass is 506 g/mol. The van der Waals surface area contributed by atoms with E-state index >= 15 is 0 Å². The molecular weight excluding hydrogens is 491 g/mol. The van der Waals surface area contributed by atoms with Crippen molar-refractivity contribution < 1.29 is 16.6 Å². The summed E-state index contributed by atoms with van der Waals surface area (Å²) in [5.41, 5.74) is 0. The van der Waals surface area contributed by atoms with Crippen LogP contribution >= 0.6 is 24.4 Å². The van der Waals surface area contributed by atoms with E-state index in [1.165, 1.54) is 21.5 Å². The van der Waals surface area contributed by atoms with E-state index in [0.29, 0.717) is 0 Å². The average molecular weight is 509 g/mol. The van der Waals surface area contributed by atoms with E-state index in [0.717, 1.165) is 0 Å². The summed E-state index contributed by atoms with van der Waals surface area (Å²) in [6, 6.07) is 29.3. The van der Waals surface area contributed by atoms with Gasteiger partial charge in [0.15, 0.2) is 0 Å². The Hall–Kier alpha value is -0.627. The Morgan fingerprint density at radius 2 is 1.13 bits per heavy atom. The zero-order valence-corrected chi connectivity index (χ0v) is 18.5. The number of fused-ring (bicyclic) bond motifs is 2. The maximum atomic E-state index is 3.43. The van der Waals surface area contributed by atoms with Crippen LogP contribution in [0.15, 0.2) is 84.9 Å². The van der Waals surface area contributed by atoms with Gasteiger partial charge in [0.1, 0.15) is 0 Å². The molecule has 0 nitrogen and oxygen atoms in total. The summed E-state index contributed by atoms with van der Waals surface area (Å²) in [4.78, 5) is 0. The number of halogens is 2. The Morgan fingerprint density at radius 3 is 1.48 bits per heavy atom. The molecule has 4 aromatic rings. The summed E-state index contributed by atoms with van der Waals surface area (Å²) >= 11 is 5.78. The van der Waals surface area contributed by atoms with Gasteiger partial charge >= 0.3 is 51.6 Å². The van der Waals surface area contributed by atoms with Crippen molar-refractivity contribution in [1.29, 1.82) is 0 Å². The third-order valence-electron chi connectivity index (χ3n) is 3.31. The van der Waals surface area contributed by atoms with Crippen molar-refractivity contribution in [3.8, 4) is 0 Å². The largest absolute Gasteiger partial charge is 0.168 e. The summed E-state index contributed by atoms with van der Waals surface area (Å²) in [6.45, 7) is 2.07. The van der Waals surface area contributed by atoms with Crippen LogP contribution in [0.1, 0.15) is 6.92 Å². The first-order valence-electron chi connectivity index (χ1n) is 7.39. The topological polar surface area (TPSA) is 0 Å². The van der Waals surface area contributed by atoms with Crippen LogP contribution in [0.2, 0.25) is 0 Å². The molecule has 0 aliphatic carbocycles. The van der Waals surface area contributed by atoms with Gasteiger partial charge in [0.05, 0.1) is 0 Å². The molecule has 0 bridgehead atoms. The molecule has 0 unspecified atom stereocenters. The Kier molecular flexibility index (Phi) is 8.36. The molecule has 118 valence electrons. The van der Waals surface area contributed by atoms with Gasteiger partial charge in [-0.2, -0.15) is 35.0 Å². The first kappa shape index (κ1) is 18.7. The van der Waals surface area contributed by atoms with E-state index in [1.54, 1.807) is 0 Å². The van der Waals surface area contributed by atoms with Gasteiger partial charge in [-0.3, -0.25) is 0 Å².